The SMILES string of the molecule is CC(C)(CC(=O)O)c1nc2ncccc2[nH]1. The number of carboxylic acids is 1. The maximum absolute atomic E-state index is 10.7. The minimum atomic E-state index is -0.835. The van der Waals surface area contributed by atoms with Gasteiger partial charge in [0.1, 0.15) is 5.82 Å². The molecule has 84 valence electrons. The van der Waals surface area contributed by atoms with Crippen LogP contribution in [0.15, 0.2) is 18.3 Å². The van der Waals surface area contributed by atoms with Gasteiger partial charge in [-0.1, -0.05) is 13.8 Å². The molecule has 0 aliphatic heterocycles. The molecule has 5 nitrogen and oxygen atoms in total. The largest absolute Gasteiger partial charge is 0.481 e. The molecular weight excluding hydrogens is 206 g/mol. The summed E-state index contributed by atoms with van der Waals surface area (Å²) in [6, 6.07) is 3.68. The van der Waals surface area contributed by atoms with E-state index >= 15 is 0 Å². The predicted octanol–water partition coefficient (Wildman–Crippen LogP) is 1.71. The number of imidazole rings is 1. The van der Waals surface area contributed by atoms with Gasteiger partial charge in [-0.2, -0.15) is 0 Å². The highest BCUT2D eigenvalue weighted by molar-refractivity contribution is 5.72. The van der Waals surface area contributed by atoms with Crippen LogP contribution in [0.3, 0.4) is 0 Å². The number of H-pyrrole nitrogens is 1. The second kappa shape index (κ2) is 3.59. The number of rotatable bonds is 3. The molecule has 0 atom stereocenters. The molecule has 2 aromatic rings. The first kappa shape index (κ1) is 10.6. The number of aromatic amines is 1. The van der Waals surface area contributed by atoms with Crippen LogP contribution in [-0.4, -0.2) is 26.0 Å². The summed E-state index contributed by atoms with van der Waals surface area (Å²) in [7, 11) is 0. The van der Waals surface area contributed by atoms with Crippen LogP contribution in [0.2, 0.25) is 0 Å². The van der Waals surface area contributed by atoms with Crippen molar-refractivity contribution in [3.8, 4) is 0 Å². The molecule has 0 bridgehead atoms. The van der Waals surface area contributed by atoms with Crippen LogP contribution < -0.4 is 0 Å². The van der Waals surface area contributed by atoms with Crippen molar-refractivity contribution in [3.05, 3.63) is 24.2 Å². The fraction of sp³-hybridized carbons (Fsp3) is 0.364. The Balaban J connectivity index is 2.43. The van der Waals surface area contributed by atoms with E-state index in [4.69, 9.17) is 5.11 Å². The van der Waals surface area contributed by atoms with Crippen LogP contribution in [0.25, 0.3) is 11.2 Å². The number of aliphatic carboxylic acids is 1. The van der Waals surface area contributed by atoms with Crippen molar-refractivity contribution in [2.75, 3.05) is 0 Å². The third kappa shape index (κ3) is 1.88. The minimum absolute atomic E-state index is 0.0345. The van der Waals surface area contributed by atoms with E-state index < -0.39 is 11.4 Å². The Morgan fingerprint density at radius 2 is 2.31 bits per heavy atom. The van der Waals surface area contributed by atoms with E-state index in [2.05, 4.69) is 15.0 Å². The fourth-order valence-corrected chi connectivity index (χ4v) is 1.63. The van der Waals surface area contributed by atoms with Gasteiger partial charge in [0, 0.05) is 11.6 Å². The summed E-state index contributed by atoms with van der Waals surface area (Å²) in [4.78, 5) is 22.3. The molecule has 0 aliphatic rings. The highest BCUT2D eigenvalue weighted by Crippen LogP contribution is 2.25. The number of fused-ring (bicyclic) bond motifs is 1. The number of hydrogen-bond donors (Lipinski definition) is 2. The van der Waals surface area contributed by atoms with Crippen molar-refractivity contribution in [2.24, 2.45) is 0 Å². The summed E-state index contributed by atoms with van der Waals surface area (Å²) in [6.07, 6.45) is 1.70. The summed E-state index contributed by atoms with van der Waals surface area (Å²) >= 11 is 0. The Morgan fingerprint density at radius 3 is 2.94 bits per heavy atom. The van der Waals surface area contributed by atoms with Gasteiger partial charge in [0.15, 0.2) is 5.65 Å². The molecule has 16 heavy (non-hydrogen) atoms. The molecule has 2 aromatic heterocycles. The monoisotopic (exact) mass is 219 g/mol. The first-order valence-corrected chi connectivity index (χ1v) is 5.02. The topological polar surface area (TPSA) is 78.9 Å². The second-order valence-corrected chi connectivity index (χ2v) is 4.41. The third-order valence-corrected chi connectivity index (χ3v) is 2.49. The summed E-state index contributed by atoms with van der Waals surface area (Å²) < 4.78 is 0. The molecule has 0 radical (unpaired) electrons. The van der Waals surface area contributed by atoms with E-state index in [0.717, 1.165) is 5.52 Å². The van der Waals surface area contributed by atoms with Crippen molar-refractivity contribution < 1.29 is 9.90 Å². The third-order valence-electron chi connectivity index (χ3n) is 2.49. The molecule has 0 aromatic carbocycles. The van der Waals surface area contributed by atoms with E-state index in [1.165, 1.54) is 0 Å². The quantitative estimate of drug-likeness (QED) is 0.823. The number of hydrogen-bond acceptors (Lipinski definition) is 3. The number of nitrogens with zero attached hydrogens (tertiary/aromatic N) is 2. The lowest BCUT2D eigenvalue weighted by molar-refractivity contribution is -0.138. The van der Waals surface area contributed by atoms with Gasteiger partial charge in [0.2, 0.25) is 0 Å². The van der Waals surface area contributed by atoms with Crippen LogP contribution in [0, 0.1) is 0 Å². The molecule has 0 unspecified atom stereocenters. The average Bonchev–Trinajstić information content (AvgIpc) is 2.59. The van der Waals surface area contributed by atoms with Gasteiger partial charge in [-0.15, -0.1) is 0 Å². The molecule has 2 rings (SSSR count). The minimum Gasteiger partial charge on any atom is -0.481 e. The van der Waals surface area contributed by atoms with E-state index in [1.54, 1.807) is 6.20 Å². The van der Waals surface area contributed by atoms with Gasteiger partial charge in [-0.25, -0.2) is 9.97 Å². The summed E-state index contributed by atoms with van der Waals surface area (Å²) in [5, 5.41) is 8.83. The standard InChI is InChI=1S/C11H13N3O2/c1-11(2,6-8(15)16)10-13-7-4-3-5-12-9(7)14-10/h3-5H,6H2,1-2H3,(H,15,16)(H,12,13,14). The maximum atomic E-state index is 10.7. The van der Waals surface area contributed by atoms with E-state index in [-0.39, 0.29) is 6.42 Å². The zero-order valence-electron chi connectivity index (χ0n) is 9.19. The van der Waals surface area contributed by atoms with Crippen molar-refractivity contribution >= 4 is 17.1 Å². The lowest BCUT2D eigenvalue weighted by atomic mass is 9.88. The second-order valence-electron chi connectivity index (χ2n) is 4.41. The fourth-order valence-electron chi connectivity index (χ4n) is 1.63. The van der Waals surface area contributed by atoms with Gasteiger partial charge in [-0.3, -0.25) is 4.79 Å². The maximum Gasteiger partial charge on any atom is 0.304 e. The Bertz CT molecular complexity index is 498. The van der Waals surface area contributed by atoms with E-state index in [1.807, 2.05) is 26.0 Å². The molecule has 2 heterocycles. The molecule has 0 saturated heterocycles. The number of carboxylic acid groups (broad SMARTS) is 1. The van der Waals surface area contributed by atoms with Crippen LogP contribution in [0.4, 0.5) is 0 Å². The van der Waals surface area contributed by atoms with Crippen LogP contribution in [-0.2, 0) is 10.2 Å². The van der Waals surface area contributed by atoms with Crippen LogP contribution in [0.5, 0.6) is 0 Å². The van der Waals surface area contributed by atoms with Crippen molar-refractivity contribution in [2.45, 2.75) is 25.7 Å². The zero-order chi connectivity index (χ0) is 11.8. The Labute approximate surface area is 92.5 Å². The van der Waals surface area contributed by atoms with Crippen LogP contribution >= 0.6 is 0 Å². The van der Waals surface area contributed by atoms with Crippen molar-refractivity contribution in [3.63, 3.8) is 0 Å². The lowest BCUT2D eigenvalue weighted by Crippen LogP contribution is -2.23. The molecular formula is C11H13N3O2. The van der Waals surface area contributed by atoms with Gasteiger partial charge in [-0.05, 0) is 12.1 Å². The summed E-state index contributed by atoms with van der Waals surface area (Å²) in [5.74, 6) is -0.179. The lowest BCUT2D eigenvalue weighted by Gasteiger charge is -2.18. The van der Waals surface area contributed by atoms with Gasteiger partial charge in [0.25, 0.3) is 0 Å². The van der Waals surface area contributed by atoms with Gasteiger partial charge < -0.3 is 10.1 Å². The summed E-state index contributed by atoms with van der Waals surface area (Å²) in [5.41, 5.74) is 0.930. The molecule has 0 aliphatic carbocycles. The molecule has 0 fully saturated rings. The van der Waals surface area contributed by atoms with Crippen LogP contribution in [0.1, 0.15) is 26.1 Å². The van der Waals surface area contributed by atoms with Gasteiger partial charge in [0.05, 0.1) is 11.9 Å². The van der Waals surface area contributed by atoms with Crippen molar-refractivity contribution in [1.29, 1.82) is 0 Å². The number of aromatic nitrogens is 3. The first-order chi connectivity index (χ1) is 7.49. The first-order valence-electron chi connectivity index (χ1n) is 5.02. The number of carbonyl (C=O) groups is 1. The molecule has 0 saturated carbocycles. The predicted molar refractivity (Wildman–Crippen MR) is 59.2 cm³/mol. The molecule has 2 N–H and O–H groups in total. The Morgan fingerprint density at radius 1 is 1.56 bits per heavy atom. The number of nitrogens with one attached hydrogen (secondary N) is 1. The van der Waals surface area contributed by atoms with E-state index in [9.17, 15) is 4.79 Å². The highest BCUT2D eigenvalue weighted by atomic mass is 16.4. The zero-order valence-corrected chi connectivity index (χ0v) is 9.19. The molecule has 0 amide bonds. The van der Waals surface area contributed by atoms with E-state index in [0.29, 0.717) is 11.5 Å². The Kier molecular flexibility index (Phi) is 2.38. The highest BCUT2D eigenvalue weighted by Gasteiger charge is 2.27. The Hall–Kier alpha value is -1.91. The normalized spacial score (nSPS) is 11.9. The summed E-state index contributed by atoms with van der Waals surface area (Å²) in [6.45, 7) is 3.69. The smallest absolute Gasteiger partial charge is 0.304 e. The average molecular weight is 219 g/mol. The van der Waals surface area contributed by atoms with Crippen molar-refractivity contribution in [1.82, 2.24) is 15.0 Å². The molecule has 0 spiro atoms. The van der Waals surface area contributed by atoms with Gasteiger partial charge >= 0.3 is 5.97 Å². The number of pyridine rings is 1. The molecule has 5 heteroatoms.